The van der Waals surface area contributed by atoms with Gasteiger partial charge in [-0.3, -0.25) is 8.78 Å². The Morgan fingerprint density at radius 3 is 2.45 bits per heavy atom. The Bertz CT molecular complexity index is 98.3. The van der Waals surface area contributed by atoms with Crippen LogP contribution >= 0.6 is 0 Å². The maximum absolute atomic E-state index is 12.2. The maximum Gasteiger partial charge on any atom is 0.0962 e. The molecule has 0 aliphatic carbocycles. The first-order valence-electron chi connectivity index (χ1n) is 4.23. The number of alkyl halides is 2. The molecule has 1 saturated heterocycles. The molecule has 3 heteroatoms. The summed E-state index contributed by atoms with van der Waals surface area (Å²) in [7, 11) is 0. The van der Waals surface area contributed by atoms with Crippen molar-refractivity contribution in [1.29, 1.82) is 0 Å². The topological polar surface area (TPSA) is 12.0 Å². The van der Waals surface area contributed by atoms with Crippen LogP contribution in [0.2, 0.25) is 0 Å². The number of hydrogen-bond donors (Lipinski definition) is 1. The van der Waals surface area contributed by atoms with Crippen LogP contribution in [-0.2, 0) is 0 Å². The number of nitrogens with one attached hydrogen (secondary N) is 1. The first-order chi connectivity index (χ1) is 5.38. The predicted molar refractivity (Wildman–Crippen MR) is 41.1 cm³/mol. The van der Waals surface area contributed by atoms with Crippen LogP contribution in [0.3, 0.4) is 0 Å². The van der Waals surface area contributed by atoms with Gasteiger partial charge in [0.05, 0.1) is 13.3 Å². The largest absolute Gasteiger partial charge is 0.314 e. The van der Waals surface area contributed by atoms with Gasteiger partial charge < -0.3 is 5.32 Å². The Balaban J connectivity index is 2.30. The van der Waals surface area contributed by atoms with E-state index in [9.17, 15) is 8.78 Å². The molecular formula is C8H15F2N. The molecule has 1 aliphatic heterocycles. The second-order valence-electron chi connectivity index (χ2n) is 3.13. The van der Waals surface area contributed by atoms with Gasteiger partial charge >= 0.3 is 0 Å². The van der Waals surface area contributed by atoms with E-state index in [1.165, 1.54) is 0 Å². The summed E-state index contributed by atoms with van der Waals surface area (Å²) in [5, 5.41) is 3.14. The number of hydrogen-bond acceptors (Lipinski definition) is 1. The summed E-state index contributed by atoms with van der Waals surface area (Å²) in [6.45, 7) is -0.149. The van der Waals surface area contributed by atoms with Crippen LogP contribution in [0, 0.1) is 5.92 Å². The van der Waals surface area contributed by atoms with E-state index in [0.29, 0.717) is 0 Å². The summed E-state index contributed by atoms with van der Waals surface area (Å²) >= 11 is 0. The molecule has 0 aromatic carbocycles. The van der Waals surface area contributed by atoms with Gasteiger partial charge in [-0.25, -0.2) is 0 Å². The zero-order valence-corrected chi connectivity index (χ0v) is 6.65. The van der Waals surface area contributed by atoms with E-state index in [-0.39, 0.29) is 6.04 Å². The van der Waals surface area contributed by atoms with Crippen LogP contribution in [0.25, 0.3) is 0 Å². The van der Waals surface area contributed by atoms with E-state index in [0.717, 1.165) is 25.8 Å². The van der Waals surface area contributed by atoms with Gasteiger partial charge in [-0.1, -0.05) is 6.42 Å². The highest BCUT2D eigenvalue weighted by molar-refractivity contribution is 4.78. The lowest BCUT2D eigenvalue weighted by molar-refractivity contribution is 0.203. The first kappa shape index (κ1) is 8.91. The minimum absolute atomic E-state index is 0.0822. The van der Waals surface area contributed by atoms with Crippen LogP contribution < -0.4 is 5.32 Å². The van der Waals surface area contributed by atoms with Gasteiger partial charge in [0, 0.05) is 12.0 Å². The normalized spacial score (nSPS) is 25.9. The van der Waals surface area contributed by atoms with Crippen LogP contribution in [0.15, 0.2) is 0 Å². The van der Waals surface area contributed by atoms with Gasteiger partial charge in [-0.2, -0.15) is 0 Å². The second-order valence-corrected chi connectivity index (χ2v) is 3.13. The molecule has 0 radical (unpaired) electrons. The highest BCUT2D eigenvalue weighted by Gasteiger charge is 2.22. The van der Waals surface area contributed by atoms with Gasteiger partial charge in [-0.05, 0) is 19.4 Å². The molecule has 11 heavy (non-hydrogen) atoms. The molecule has 0 aromatic rings. The predicted octanol–water partition coefficient (Wildman–Crippen LogP) is 1.68. The molecule has 0 saturated carbocycles. The SMILES string of the molecule is FCC(CF)C1CCCCN1. The average molecular weight is 163 g/mol. The van der Waals surface area contributed by atoms with Crippen molar-refractivity contribution in [2.45, 2.75) is 25.3 Å². The Labute approximate surface area is 66.2 Å². The van der Waals surface area contributed by atoms with Gasteiger partial charge in [0.1, 0.15) is 0 Å². The lowest BCUT2D eigenvalue weighted by atomic mass is 9.94. The van der Waals surface area contributed by atoms with E-state index < -0.39 is 19.3 Å². The molecule has 1 nitrogen and oxygen atoms in total. The smallest absolute Gasteiger partial charge is 0.0962 e. The zero-order valence-electron chi connectivity index (χ0n) is 6.65. The Morgan fingerprint density at radius 1 is 1.27 bits per heavy atom. The van der Waals surface area contributed by atoms with Gasteiger partial charge in [0.25, 0.3) is 0 Å². The summed E-state index contributed by atoms with van der Waals surface area (Å²) in [6.07, 6.45) is 3.18. The molecule has 0 aromatic heterocycles. The van der Waals surface area contributed by atoms with Crippen LogP contribution in [-0.4, -0.2) is 25.9 Å². The van der Waals surface area contributed by atoms with Gasteiger partial charge in [0.15, 0.2) is 0 Å². The molecule has 1 rings (SSSR count). The lowest BCUT2D eigenvalue weighted by Crippen LogP contribution is -2.41. The number of rotatable bonds is 3. The molecule has 0 amide bonds. The van der Waals surface area contributed by atoms with E-state index in [1.807, 2.05) is 0 Å². The Kier molecular flexibility index (Phi) is 3.77. The van der Waals surface area contributed by atoms with Crippen LogP contribution in [0.5, 0.6) is 0 Å². The molecule has 1 aliphatic rings. The quantitative estimate of drug-likeness (QED) is 0.667. The molecule has 1 heterocycles. The third kappa shape index (κ3) is 2.40. The number of piperidine rings is 1. The Morgan fingerprint density at radius 2 is 2.00 bits per heavy atom. The van der Waals surface area contributed by atoms with Crippen molar-refractivity contribution in [3.05, 3.63) is 0 Å². The molecule has 1 unspecified atom stereocenters. The van der Waals surface area contributed by atoms with E-state index in [2.05, 4.69) is 5.32 Å². The molecule has 1 N–H and O–H groups in total. The minimum atomic E-state index is -0.534. The monoisotopic (exact) mass is 163 g/mol. The summed E-state index contributed by atoms with van der Waals surface area (Å²) in [5.41, 5.74) is 0. The van der Waals surface area contributed by atoms with Crippen molar-refractivity contribution in [3.63, 3.8) is 0 Å². The lowest BCUT2D eigenvalue weighted by Gasteiger charge is -2.27. The van der Waals surface area contributed by atoms with Crippen molar-refractivity contribution >= 4 is 0 Å². The highest BCUT2D eigenvalue weighted by atomic mass is 19.1. The molecule has 66 valence electrons. The maximum atomic E-state index is 12.2. The third-order valence-electron chi connectivity index (χ3n) is 2.31. The van der Waals surface area contributed by atoms with Crippen molar-refractivity contribution < 1.29 is 8.78 Å². The van der Waals surface area contributed by atoms with Crippen molar-refractivity contribution in [1.82, 2.24) is 5.32 Å². The van der Waals surface area contributed by atoms with Crippen LogP contribution in [0.1, 0.15) is 19.3 Å². The molecule has 1 fully saturated rings. The van der Waals surface area contributed by atoms with Crippen molar-refractivity contribution in [2.75, 3.05) is 19.9 Å². The van der Waals surface area contributed by atoms with E-state index >= 15 is 0 Å². The Hall–Kier alpha value is -0.180. The molecule has 1 atom stereocenters. The number of halogens is 2. The molecule has 0 spiro atoms. The average Bonchev–Trinajstić information content (AvgIpc) is 2.09. The highest BCUT2D eigenvalue weighted by Crippen LogP contribution is 2.16. The van der Waals surface area contributed by atoms with Crippen molar-refractivity contribution in [2.24, 2.45) is 5.92 Å². The van der Waals surface area contributed by atoms with E-state index in [1.54, 1.807) is 0 Å². The summed E-state index contributed by atoms with van der Waals surface area (Å²) < 4.78 is 24.3. The van der Waals surface area contributed by atoms with Crippen LogP contribution in [0.4, 0.5) is 8.78 Å². The molecular weight excluding hydrogens is 148 g/mol. The summed E-state index contributed by atoms with van der Waals surface area (Å²) in [6, 6.07) is 0.0822. The fourth-order valence-corrected chi connectivity index (χ4v) is 1.54. The fourth-order valence-electron chi connectivity index (χ4n) is 1.54. The second kappa shape index (κ2) is 4.65. The first-order valence-corrected chi connectivity index (χ1v) is 4.23. The summed E-state index contributed by atoms with van der Waals surface area (Å²) in [4.78, 5) is 0. The standard InChI is InChI=1S/C8H15F2N/c9-5-7(6-10)8-3-1-2-4-11-8/h7-8,11H,1-6H2. The van der Waals surface area contributed by atoms with E-state index in [4.69, 9.17) is 0 Å². The molecule has 0 bridgehead atoms. The van der Waals surface area contributed by atoms with Gasteiger partial charge in [0.2, 0.25) is 0 Å². The fraction of sp³-hybridized carbons (Fsp3) is 1.00. The zero-order chi connectivity index (χ0) is 8.10. The third-order valence-corrected chi connectivity index (χ3v) is 2.31. The van der Waals surface area contributed by atoms with Gasteiger partial charge in [-0.15, -0.1) is 0 Å². The minimum Gasteiger partial charge on any atom is -0.314 e. The van der Waals surface area contributed by atoms with Crippen molar-refractivity contribution in [3.8, 4) is 0 Å². The summed E-state index contributed by atoms with van der Waals surface area (Å²) in [5.74, 6) is -0.407.